The van der Waals surface area contributed by atoms with Crippen LogP contribution >= 0.6 is 11.6 Å². The van der Waals surface area contributed by atoms with Gasteiger partial charge in [-0.05, 0) is 49.6 Å². The Morgan fingerprint density at radius 3 is 2.48 bits per heavy atom. The molecule has 0 bridgehead atoms. The van der Waals surface area contributed by atoms with Crippen molar-refractivity contribution in [3.8, 4) is 0 Å². The molecule has 27 heavy (non-hydrogen) atoms. The number of sulfonamides is 1. The average Bonchev–Trinajstić information content (AvgIpc) is 2.65. The molecule has 0 spiro atoms. The van der Waals surface area contributed by atoms with Crippen LogP contribution in [0.1, 0.15) is 18.4 Å². The van der Waals surface area contributed by atoms with Crippen molar-refractivity contribution in [2.45, 2.75) is 24.7 Å². The molecule has 1 aliphatic rings. The molecule has 3 rings (SSSR count). The summed E-state index contributed by atoms with van der Waals surface area (Å²) in [5.74, 6) is -1.24. The highest BCUT2D eigenvalue weighted by atomic mass is 35.5. The first kappa shape index (κ1) is 19.8. The first-order valence-corrected chi connectivity index (χ1v) is 10.4. The minimum Gasteiger partial charge on any atom is -0.326 e. The summed E-state index contributed by atoms with van der Waals surface area (Å²) < 4.78 is 40.4. The van der Waals surface area contributed by atoms with Gasteiger partial charge < -0.3 is 5.32 Å². The molecule has 5 nitrogen and oxygen atoms in total. The molecule has 144 valence electrons. The number of hydrogen-bond donors (Lipinski definition) is 1. The van der Waals surface area contributed by atoms with E-state index in [1.54, 1.807) is 18.2 Å². The Morgan fingerprint density at radius 1 is 1.15 bits per heavy atom. The van der Waals surface area contributed by atoms with Gasteiger partial charge in [0.15, 0.2) is 0 Å². The first-order chi connectivity index (χ1) is 12.8. The number of halogens is 2. The fourth-order valence-electron chi connectivity index (χ4n) is 3.13. The van der Waals surface area contributed by atoms with E-state index < -0.39 is 15.8 Å². The SMILES string of the molecule is Cc1c(Cl)cccc1NC(=O)C1CCN(S(=O)(=O)c2ccccc2F)CC1. The van der Waals surface area contributed by atoms with Crippen LogP contribution in [-0.2, 0) is 14.8 Å². The Hall–Kier alpha value is -1.96. The number of carbonyl (C=O) groups excluding carboxylic acids is 1. The molecule has 0 aliphatic carbocycles. The minimum atomic E-state index is -3.90. The van der Waals surface area contributed by atoms with Crippen LogP contribution in [0.3, 0.4) is 0 Å². The molecule has 0 aromatic heterocycles. The molecule has 0 radical (unpaired) electrons. The number of carbonyl (C=O) groups is 1. The Balaban J connectivity index is 1.66. The molecule has 0 saturated carbocycles. The zero-order valence-electron chi connectivity index (χ0n) is 14.8. The third kappa shape index (κ3) is 4.15. The van der Waals surface area contributed by atoms with Crippen molar-refractivity contribution >= 4 is 33.2 Å². The summed E-state index contributed by atoms with van der Waals surface area (Å²) in [6.07, 6.45) is 0.748. The highest BCUT2D eigenvalue weighted by Crippen LogP contribution is 2.28. The zero-order valence-corrected chi connectivity index (χ0v) is 16.4. The Labute approximate surface area is 163 Å². The number of rotatable bonds is 4. The summed E-state index contributed by atoms with van der Waals surface area (Å²) in [4.78, 5) is 12.2. The Morgan fingerprint density at radius 2 is 1.81 bits per heavy atom. The summed E-state index contributed by atoms with van der Waals surface area (Å²) in [7, 11) is -3.90. The Bertz CT molecular complexity index is 957. The molecule has 2 aromatic carbocycles. The van der Waals surface area contributed by atoms with Crippen LogP contribution in [0.25, 0.3) is 0 Å². The van der Waals surface area contributed by atoms with Gasteiger partial charge in [0.05, 0.1) is 0 Å². The van der Waals surface area contributed by atoms with Crippen molar-refractivity contribution in [3.05, 3.63) is 58.9 Å². The van der Waals surface area contributed by atoms with Gasteiger partial charge in [0.1, 0.15) is 10.7 Å². The highest BCUT2D eigenvalue weighted by Gasteiger charge is 2.33. The Kier molecular flexibility index (Phi) is 5.83. The minimum absolute atomic E-state index is 0.164. The monoisotopic (exact) mass is 410 g/mol. The number of anilines is 1. The van der Waals surface area contributed by atoms with Crippen LogP contribution < -0.4 is 5.32 Å². The third-order valence-electron chi connectivity index (χ3n) is 4.80. The third-order valence-corrected chi connectivity index (χ3v) is 7.15. The average molecular weight is 411 g/mol. The van der Waals surface area contributed by atoms with E-state index in [0.717, 1.165) is 11.6 Å². The van der Waals surface area contributed by atoms with Gasteiger partial charge in [-0.1, -0.05) is 29.8 Å². The van der Waals surface area contributed by atoms with Crippen molar-refractivity contribution in [2.24, 2.45) is 5.92 Å². The summed E-state index contributed by atoms with van der Waals surface area (Å²) in [6.45, 7) is 2.16. The van der Waals surface area contributed by atoms with E-state index in [0.29, 0.717) is 23.6 Å². The maximum Gasteiger partial charge on any atom is 0.245 e. The molecule has 8 heteroatoms. The van der Waals surface area contributed by atoms with Gasteiger partial charge in [-0.25, -0.2) is 12.8 Å². The van der Waals surface area contributed by atoms with Crippen LogP contribution in [0.15, 0.2) is 47.4 Å². The molecular formula is C19H20ClFN2O3S. The van der Waals surface area contributed by atoms with Gasteiger partial charge >= 0.3 is 0 Å². The van der Waals surface area contributed by atoms with E-state index in [9.17, 15) is 17.6 Å². The van der Waals surface area contributed by atoms with E-state index in [2.05, 4.69) is 5.32 Å². The molecule has 2 aromatic rings. The van der Waals surface area contributed by atoms with E-state index in [1.807, 2.05) is 6.92 Å². The van der Waals surface area contributed by atoms with Crippen molar-refractivity contribution < 1.29 is 17.6 Å². The van der Waals surface area contributed by atoms with Crippen molar-refractivity contribution in [1.82, 2.24) is 4.31 Å². The van der Waals surface area contributed by atoms with Crippen LogP contribution in [0.4, 0.5) is 10.1 Å². The summed E-state index contributed by atoms with van der Waals surface area (Å²) in [5, 5.41) is 3.43. The van der Waals surface area contributed by atoms with Crippen LogP contribution in [-0.4, -0.2) is 31.7 Å². The lowest BCUT2D eigenvalue weighted by Gasteiger charge is -2.30. The lowest BCUT2D eigenvalue weighted by Crippen LogP contribution is -2.41. The summed E-state index contributed by atoms with van der Waals surface area (Å²) >= 11 is 6.07. The summed E-state index contributed by atoms with van der Waals surface area (Å²) in [5.41, 5.74) is 1.43. The number of nitrogens with one attached hydrogen (secondary N) is 1. The fourth-order valence-corrected chi connectivity index (χ4v) is 4.84. The second-order valence-electron chi connectivity index (χ2n) is 6.51. The number of hydrogen-bond acceptors (Lipinski definition) is 3. The van der Waals surface area contributed by atoms with E-state index in [1.165, 1.54) is 22.5 Å². The second-order valence-corrected chi connectivity index (χ2v) is 8.82. The van der Waals surface area contributed by atoms with Crippen molar-refractivity contribution in [2.75, 3.05) is 18.4 Å². The van der Waals surface area contributed by atoms with Gasteiger partial charge in [-0.2, -0.15) is 4.31 Å². The van der Waals surface area contributed by atoms with Gasteiger partial charge in [-0.3, -0.25) is 4.79 Å². The molecule has 1 fully saturated rings. The van der Waals surface area contributed by atoms with Gasteiger partial charge in [0.25, 0.3) is 0 Å². The quantitative estimate of drug-likeness (QED) is 0.833. The van der Waals surface area contributed by atoms with Crippen LogP contribution in [0, 0.1) is 18.7 Å². The van der Waals surface area contributed by atoms with E-state index in [-0.39, 0.29) is 29.8 Å². The standard InChI is InChI=1S/C19H20ClFN2O3S/c1-13-15(20)5-4-7-17(13)22-19(24)14-9-11-23(12-10-14)27(25,26)18-8-3-2-6-16(18)21/h2-8,14H,9-12H2,1H3,(H,22,24). The molecule has 0 atom stereocenters. The molecular weight excluding hydrogens is 391 g/mol. The molecule has 0 unspecified atom stereocenters. The van der Waals surface area contributed by atoms with Gasteiger partial charge in [-0.15, -0.1) is 0 Å². The highest BCUT2D eigenvalue weighted by molar-refractivity contribution is 7.89. The largest absolute Gasteiger partial charge is 0.326 e. The van der Waals surface area contributed by atoms with Crippen molar-refractivity contribution in [1.29, 1.82) is 0 Å². The fraction of sp³-hybridized carbons (Fsp3) is 0.316. The number of nitrogens with zero attached hydrogens (tertiary/aromatic N) is 1. The van der Waals surface area contributed by atoms with Crippen LogP contribution in [0.5, 0.6) is 0 Å². The topological polar surface area (TPSA) is 66.5 Å². The maximum absolute atomic E-state index is 13.9. The van der Waals surface area contributed by atoms with Gasteiger partial charge in [0.2, 0.25) is 15.9 Å². The van der Waals surface area contributed by atoms with Gasteiger partial charge in [0, 0.05) is 29.7 Å². The molecule has 1 N–H and O–H groups in total. The normalized spacial score (nSPS) is 16.3. The predicted octanol–water partition coefficient (Wildman–Crippen LogP) is 3.83. The number of piperidine rings is 1. The molecule has 1 heterocycles. The number of benzene rings is 2. The van der Waals surface area contributed by atoms with Crippen LogP contribution in [0.2, 0.25) is 5.02 Å². The summed E-state index contributed by atoms with van der Waals surface area (Å²) in [6, 6.07) is 10.6. The predicted molar refractivity (Wildman–Crippen MR) is 103 cm³/mol. The van der Waals surface area contributed by atoms with E-state index >= 15 is 0 Å². The maximum atomic E-state index is 13.9. The second kappa shape index (κ2) is 7.96. The zero-order chi connectivity index (χ0) is 19.6. The van der Waals surface area contributed by atoms with Crippen molar-refractivity contribution in [3.63, 3.8) is 0 Å². The first-order valence-electron chi connectivity index (χ1n) is 8.61. The molecule has 1 saturated heterocycles. The smallest absolute Gasteiger partial charge is 0.245 e. The van der Waals surface area contributed by atoms with E-state index in [4.69, 9.17) is 11.6 Å². The molecule has 1 amide bonds. The lowest BCUT2D eigenvalue weighted by molar-refractivity contribution is -0.120. The lowest BCUT2D eigenvalue weighted by atomic mass is 9.97. The molecule has 1 aliphatic heterocycles. The number of amides is 1.